The second-order valence-corrected chi connectivity index (χ2v) is 6.13. The largest absolute Gasteiger partial charge is 0.461 e. The van der Waals surface area contributed by atoms with Gasteiger partial charge in [0.15, 0.2) is 0 Å². The first kappa shape index (κ1) is 18.2. The quantitative estimate of drug-likeness (QED) is 0.285. The lowest BCUT2D eigenvalue weighted by atomic mass is 10.0. The maximum absolute atomic E-state index is 10.7. The van der Waals surface area contributed by atoms with Gasteiger partial charge >= 0.3 is 5.97 Å². The molecular formula is C22H21NO2. The molecular weight excluding hydrogens is 310 g/mol. The zero-order chi connectivity index (χ0) is 18.2. The Morgan fingerprint density at radius 1 is 1.00 bits per heavy atom. The van der Waals surface area contributed by atoms with Gasteiger partial charge in [-0.25, -0.2) is 4.79 Å². The molecule has 0 radical (unpaired) electrons. The predicted molar refractivity (Wildman–Crippen MR) is 102 cm³/mol. The fourth-order valence-corrected chi connectivity index (χ4v) is 2.26. The molecule has 3 nitrogen and oxygen atoms in total. The van der Waals surface area contributed by atoms with Crippen LogP contribution in [-0.2, 0) is 9.53 Å². The molecule has 0 heterocycles. The lowest BCUT2D eigenvalue weighted by molar-refractivity contribution is -0.139. The van der Waals surface area contributed by atoms with Crippen molar-refractivity contribution in [3.63, 3.8) is 0 Å². The topological polar surface area (TPSA) is 50.1 Å². The number of fused-ring (bicyclic) bond motifs is 2. The Balaban J connectivity index is 0.000000188. The van der Waals surface area contributed by atoms with E-state index in [2.05, 4.69) is 67.2 Å². The van der Waals surface area contributed by atoms with Gasteiger partial charge < -0.3 is 4.74 Å². The van der Waals surface area contributed by atoms with Crippen molar-refractivity contribution in [2.75, 3.05) is 6.61 Å². The first-order chi connectivity index (χ1) is 12.0. The number of benzene rings is 3. The van der Waals surface area contributed by atoms with Gasteiger partial charge in [0.2, 0.25) is 0 Å². The maximum Gasteiger partial charge on any atom is 0.348 e. The zero-order valence-corrected chi connectivity index (χ0v) is 14.5. The van der Waals surface area contributed by atoms with Crippen molar-refractivity contribution in [1.29, 1.82) is 5.26 Å². The number of ether oxygens (including phenoxy) is 1. The van der Waals surface area contributed by atoms with E-state index in [1.807, 2.05) is 13.8 Å². The smallest absolute Gasteiger partial charge is 0.348 e. The van der Waals surface area contributed by atoms with Crippen molar-refractivity contribution in [1.82, 2.24) is 0 Å². The van der Waals surface area contributed by atoms with Crippen molar-refractivity contribution >= 4 is 27.5 Å². The molecule has 0 atom stereocenters. The highest BCUT2D eigenvalue weighted by molar-refractivity contribution is 5.98. The summed E-state index contributed by atoms with van der Waals surface area (Å²) < 4.78 is 4.70. The van der Waals surface area contributed by atoms with Gasteiger partial charge in [-0.05, 0) is 39.6 Å². The van der Waals surface area contributed by atoms with Gasteiger partial charge in [0.1, 0.15) is 11.6 Å². The first-order valence-corrected chi connectivity index (χ1v) is 8.15. The minimum absolute atomic E-state index is 0.148. The minimum Gasteiger partial charge on any atom is -0.461 e. The predicted octanol–water partition coefficient (Wildman–Crippen LogP) is 5.26. The monoisotopic (exact) mass is 331 g/mol. The highest BCUT2D eigenvalue weighted by Gasteiger charge is 2.07. The number of esters is 1. The van der Waals surface area contributed by atoms with Gasteiger partial charge in [0, 0.05) is 0 Å². The maximum atomic E-state index is 10.7. The molecule has 126 valence electrons. The zero-order valence-electron chi connectivity index (χ0n) is 14.5. The van der Waals surface area contributed by atoms with Crippen LogP contribution in [0.4, 0.5) is 0 Å². The summed E-state index contributed by atoms with van der Waals surface area (Å²) in [5.74, 6) is -0.341. The molecule has 3 aromatic carbocycles. The second kappa shape index (κ2) is 8.65. The van der Waals surface area contributed by atoms with E-state index in [1.54, 1.807) is 6.07 Å². The molecule has 0 fully saturated rings. The minimum atomic E-state index is -0.624. The van der Waals surface area contributed by atoms with E-state index in [-0.39, 0.29) is 11.5 Å². The average Bonchev–Trinajstić information content (AvgIpc) is 2.64. The molecule has 0 amide bonds. The van der Waals surface area contributed by atoms with E-state index in [9.17, 15) is 4.79 Å². The van der Waals surface area contributed by atoms with Crippen LogP contribution in [0.2, 0.25) is 0 Å². The molecule has 3 aromatic rings. The standard InChI is InChI=1S/C14H10.C8H11NO2/c1-2-6-12-10-14-8-4-3-7-13(14)9-11(12)5-1;1-6(2)5-11-8(10)7(3)4-9/h1-10H;6H,3,5H2,1-2H3. The molecule has 0 spiro atoms. The van der Waals surface area contributed by atoms with Crippen LogP contribution in [0, 0.1) is 17.2 Å². The van der Waals surface area contributed by atoms with E-state index in [0.29, 0.717) is 6.61 Å². The molecule has 0 aliphatic carbocycles. The molecule has 0 saturated heterocycles. The van der Waals surface area contributed by atoms with Gasteiger partial charge in [0.25, 0.3) is 0 Å². The summed E-state index contributed by atoms with van der Waals surface area (Å²) in [6, 6.07) is 23.0. The van der Waals surface area contributed by atoms with E-state index >= 15 is 0 Å². The number of carbonyl (C=O) groups is 1. The first-order valence-electron chi connectivity index (χ1n) is 8.15. The van der Waals surface area contributed by atoms with Crippen molar-refractivity contribution < 1.29 is 9.53 Å². The number of hydrogen-bond acceptors (Lipinski definition) is 3. The van der Waals surface area contributed by atoms with Crippen molar-refractivity contribution in [3.05, 3.63) is 72.8 Å². The van der Waals surface area contributed by atoms with Gasteiger partial charge in [-0.2, -0.15) is 5.26 Å². The third-order valence-electron chi connectivity index (χ3n) is 3.54. The Bertz CT molecular complexity index is 830. The van der Waals surface area contributed by atoms with E-state index in [4.69, 9.17) is 10.00 Å². The Hall–Kier alpha value is -3.12. The van der Waals surface area contributed by atoms with E-state index < -0.39 is 5.97 Å². The highest BCUT2D eigenvalue weighted by atomic mass is 16.5. The number of hydrogen-bond donors (Lipinski definition) is 0. The Kier molecular flexibility index (Phi) is 6.31. The van der Waals surface area contributed by atoms with Crippen molar-refractivity contribution in [3.8, 4) is 6.07 Å². The van der Waals surface area contributed by atoms with Crippen LogP contribution in [0.3, 0.4) is 0 Å². The van der Waals surface area contributed by atoms with Crippen LogP contribution in [0.5, 0.6) is 0 Å². The van der Waals surface area contributed by atoms with Crippen LogP contribution in [-0.4, -0.2) is 12.6 Å². The van der Waals surface area contributed by atoms with E-state index in [0.717, 1.165) is 0 Å². The number of nitrogens with zero attached hydrogens (tertiary/aromatic N) is 1. The summed E-state index contributed by atoms with van der Waals surface area (Å²) in [4.78, 5) is 10.7. The highest BCUT2D eigenvalue weighted by Crippen LogP contribution is 2.22. The van der Waals surface area contributed by atoms with Crippen molar-refractivity contribution in [2.24, 2.45) is 5.92 Å². The van der Waals surface area contributed by atoms with Gasteiger partial charge in [-0.3, -0.25) is 0 Å². The molecule has 0 aliphatic heterocycles. The molecule has 3 heteroatoms. The molecule has 25 heavy (non-hydrogen) atoms. The van der Waals surface area contributed by atoms with Crippen molar-refractivity contribution in [2.45, 2.75) is 13.8 Å². The fraction of sp³-hybridized carbons (Fsp3) is 0.182. The summed E-state index contributed by atoms with van der Waals surface area (Å²) in [5.41, 5.74) is -0.148. The second-order valence-electron chi connectivity index (χ2n) is 6.13. The summed E-state index contributed by atoms with van der Waals surface area (Å²) >= 11 is 0. The van der Waals surface area contributed by atoms with Gasteiger partial charge in [-0.1, -0.05) is 69.0 Å². The summed E-state index contributed by atoms with van der Waals surface area (Å²) in [6.45, 7) is 7.39. The third-order valence-corrected chi connectivity index (χ3v) is 3.54. The number of carbonyl (C=O) groups excluding carboxylic acids is 1. The molecule has 0 saturated carbocycles. The van der Waals surface area contributed by atoms with Crippen LogP contribution in [0.1, 0.15) is 13.8 Å². The Labute approximate surface area is 148 Å². The SMILES string of the molecule is C=C(C#N)C(=O)OCC(C)C.c1ccc2cc3ccccc3cc2c1. The summed E-state index contributed by atoms with van der Waals surface area (Å²) in [6.07, 6.45) is 0. The lowest BCUT2D eigenvalue weighted by Gasteiger charge is -2.04. The van der Waals surface area contributed by atoms with E-state index in [1.165, 1.54) is 21.5 Å². The summed E-state index contributed by atoms with van der Waals surface area (Å²) in [5, 5.41) is 13.5. The Morgan fingerprint density at radius 3 is 1.72 bits per heavy atom. The molecule has 0 bridgehead atoms. The van der Waals surface area contributed by atoms with Gasteiger partial charge in [0.05, 0.1) is 6.61 Å². The lowest BCUT2D eigenvalue weighted by Crippen LogP contribution is -2.10. The van der Waals surface area contributed by atoms with Gasteiger partial charge in [-0.15, -0.1) is 0 Å². The number of rotatable bonds is 3. The van der Waals surface area contributed by atoms with Crippen LogP contribution in [0.25, 0.3) is 21.5 Å². The molecule has 0 unspecified atom stereocenters. The normalized spacial score (nSPS) is 10.0. The summed E-state index contributed by atoms with van der Waals surface area (Å²) in [7, 11) is 0. The molecule has 3 rings (SSSR count). The molecule has 0 N–H and O–H groups in total. The Morgan fingerprint density at radius 2 is 1.40 bits per heavy atom. The van der Waals surface area contributed by atoms with Crippen LogP contribution >= 0.6 is 0 Å². The third kappa shape index (κ3) is 5.19. The molecule has 0 aliphatic rings. The fourth-order valence-electron chi connectivity index (χ4n) is 2.26. The van der Waals surface area contributed by atoms with Crippen LogP contribution in [0.15, 0.2) is 72.8 Å². The number of nitriles is 1. The van der Waals surface area contributed by atoms with Crippen LogP contribution < -0.4 is 0 Å². The average molecular weight is 331 g/mol. The molecule has 0 aromatic heterocycles.